The summed E-state index contributed by atoms with van der Waals surface area (Å²) in [6.07, 6.45) is 1.72. The Kier molecular flexibility index (Phi) is 6.21. The van der Waals surface area contributed by atoms with E-state index in [9.17, 15) is 8.42 Å². The Morgan fingerprint density at radius 3 is 2.44 bits per heavy atom. The normalized spacial score (nSPS) is 11.5. The molecule has 0 aliphatic heterocycles. The van der Waals surface area contributed by atoms with E-state index in [0.29, 0.717) is 19.0 Å². The van der Waals surface area contributed by atoms with Gasteiger partial charge in [-0.1, -0.05) is 11.6 Å². The molecular formula is C11H14Cl2O4S. The van der Waals surface area contributed by atoms with Gasteiger partial charge in [0.2, 0.25) is 0 Å². The smallest absolute Gasteiger partial charge is 0.261 e. The molecule has 0 aliphatic rings. The van der Waals surface area contributed by atoms with E-state index in [4.69, 9.17) is 31.8 Å². The molecule has 7 heteroatoms. The number of methoxy groups -OCH3 is 1. The molecule has 1 aromatic rings. The van der Waals surface area contributed by atoms with Crippen molar-refractivity contribution in [2.45, 2.75) is 17.7 Å². The Labute approximate surface area is 116 Å². The Balaban J connectivity index is 2.58. The molecule has 0 atom stereocenters. The molecular weight excluding hydrogens is 299 g/mol. The highest BCUT2D eigenvalue weighted by atomic mass is 35.7. The van der Waals surface area contributed by atoms with E-state index in [1.165, 1.54) is 18.2 Å². The van der Waals surface area contributed by atoms with Crippen LogP contribution in [-0.2, 0) is 13.8 Å². The Hall–Kier alpha value is -0.490. The van der Waals surface area contributed by atoms with Crippen molar-refractivity contribution in [3.63, 3.8) is 0 Å². The summed E-state index contributed by atoms with van der Waals surface area (Å²) in [7, 11) is 3.09. The number of benzene rings is 1. The van der Waals surface area contributed by atoms with Crippen LogP contribution in [0.2, 0.25) is 5.02 Å². The minimum Gasteiger partial charge on any atom is -0.492 e. The van der Waals surface area contributed by atoms with Crippen LogP contribution in [0, 0.1) is 0 Å². The molecule has 0 aromatic heterocycles. The van der Waals surface area contributed by atoms with Crippen molar-refractivity contribution >= 4 is 31.3 Å². The second-order valence-corrected chi connectivity index (χ2v) is 6.55. The van der Waals surface area contributed by atoms with Crippen molar-refractivity contribution in [2.24, 2.45) is 0 Å². The fourth-order valence-corrected chi connectivity index (χ4v) is 2.36. The second-order valence-electron chi connectivity index (χ2n) is 3.58. The zero-order valence-corrected chi connectivity index (χ0v) is 12.2. The molecule has 0 unspecified atom stereocenters. The highest BCUT2D eigenvalue weighted by molar-refractivity contribution is 8.13. The first-order valence-corrected chi connectivity index (χ1v) is 8.00. The maximum absolute atomic E-state index is 11.1. The summed E-state index contributed by atoms with van der Waals surface area (Å²) < 4.78 is 32.5. The lowest BCUT2D eigenvalue weighted by atomic mass is 10.3. The zero-order valence-electron chi connectivity index (χ0n) is 9.86. The average molecular weight is 313 g/mol. The molecule has 4 nitrogen and oxygen atoms in total. The highest BCUT2D eigenvalue weighted by Gasteiger charge is 2.12. The molecule has 0 aliphatic carbocycles. The van der Waals surface area contributed by atoms with Crippen molar-refractivity contribution in [1.82, 2.24) is 0 Å². The van der Waals surface area contributed by atoms with E-state index in [-0.39, 0.29) is 9.92 Å². The third kappa shape index (κ3) is 5.02. The molecule has 0 spiro atoms. The number of unbranched alkanes of at least 4 members (excludes halogenated alkanes) is 1. The van der Waals surface area contributed by atoms with Crippen molar-refractivity contribution < 1.29 is 17.9 Å². The van der Waals surface area contributed by atoms with Gasteiger partial charge in [0.1, 0.15) is 5.75 Å². The summed E-state index contributed by atoms with van der Waals surface area (Å²) in [5, 5.41) is 0.225. The van der Waals surface area contributed by atoms with Gasteiger partial charge in [0.25, 0.3) is 9.05 Å². The Morgan fingerprint density at radius 2 is 1.89 bits per heavy atom. The molecule has 0 saturated carbocycles. The number of rotatable bonds is 7. The number of halogens is 2. The van der Waals surface area contributed by atoms with E-state index in [2.05, 4.69) is 0 Å². The van der Waals surface area contributed by atoms with Crippen LogP contribution >= 0.6 is 22.3 Å². The second kappa shape index (κ2) is 7.19. The molecule has 0 saturated heterocycles. The number of ether oxygens (including phenoxy) is 2. The summed E-state index contributed by atoms with van der Waals surface area (Å²) in [6, 6.07) is 4.13. The van der Waals surface area contributed by atoms with E-state index in [0.717, 1.165) is 12.8 Å². The van der Waals surface area contributed by atoms with Crippen LogP contribution in [0.3, 0.4) is 0 Å². The molecule has 18 heavy (non-hydrogen) atoms. The number of hydrogen-bond donors (Lipinski definition) is 0. The van der Waals surface area contributed by atoms with E-state index >= 15 is 0 Å². The topological polar surface area (TPSA) is 52.6 Å². The molecule has 1 rings (SSSR count). The van der Waals surface area contributed by atoms with Crippen molar-refractivity contribution in [2.75, 3.05) is 20.3 Å². The average Bonchev–Trinajstić information content (AvgIpc) is 2.29. The first kappa shape index (κ1) is 15.6. The molecule has 0 bridgehead atoms. The highest BCUT2D eigenvalue weighted by Crippen LogP contribution is 2.28. The van der Waals surface area contributed by atoms with Crippen LogP contribution < -0.4 is 4.74 Å². The maximum Gasteiger partial charge on any atom is 0.261 e. The first-order chi connectivity index (χ1) is 8.45. The molecule has 102 valence electrons. The molecule has 0 radical (unpaired) electrons. The Morgan fingerprint density at radius 1 is 1.22 bits per heavy atom. The van der Waals surface area contributed by atoms with Crippen LogP contribution in [-0.4, -0.2) is 28.7 Å². The van der Waals surface area contributed by atoms with Gasteiger partial charge in [-0.25, -0.2) is 8.42 Å². The quantitative estimate of drug-likeness (QED) is 0.573. The van der Waals surface area contributed by atoms with E-state index in [1.54, 1.807) is 7.11 Å². The molecule has 0 heterocycles. The van der Waals surface area contributed by atoms with Gasteiger partial charge >= 0.3 is 0 Å². The summed E-state index contributed by atoms with van der Waals surface area (Å²) in [6.45, 7) is 1.18. The predicted molar refractivity (Wildman–Crippen MR) is 71.1 cm³/mol. The fourth-order valence-electron chi connectivity index (χ4n) is 1.28. The summed E-state index contributed by atoms with van der Waals surface area (Å²) in [5.74, 6) is 0.443. The molecule has 1 aromatic carbocycles. The Bertz CT molecular complexity index is 488. The van der Waals surface area contributed by atoms with Crippen LogP contribution in [0.25, 0.3) is 0 Å². The third-order valence-corrected chi connectivity index (χ3v) is 3.83. The lowest BCUT2D eigenvalue weighted by molar-refractivity contribution is 0.184. The predicted octanol–water partition coefficient (Wildman–Crippen LogP) is 3.07. The monoisotopic (exact) mass is 312 g/mol. The van der Waals surface area contributed by atoms with Gasteiger partial charge in [-0.2, -0.15) is 0 Å². The lowest BCUT2D eigenvalue weighted by Gasteiger charge is -2.08. The van der Waals surface area contributed by atoms with Crippen LogP contribution in [0.1, 0.15) is 12.8 Å². The molecule has 0 fully saturated rings. The third-order valence-electron chi connectivity index (χ3n) is 2.19. The molecule has 0 N–H and O–H groups in total. The standard InChI is InChI=1S/C11H14Cl2O4S/c1-16-6-2-3-7-17-11-5-4-9(8-10(11)12)18(13,14)15/h4-5,8H,2-3,6-7H2,1H3. The summed E-state index contributed by atoms with van der Waals surface area (Å²) >= 11 is 5.90. The van der Waals surface area contributed by atoms with E-state index < -0.39 is 9.05 Å². The van der Waals surface area contributed by atoms with Gasteiger partial charge in [-0.15, -0.1) is 0 Å². The van der Waals surface area contributed by atoms with Crippen molar-refractivity contribution in [3.8, 4) is 5.75 Å². The van der Waals surface area contributed by atoms with Crippen molar-refractivity contribution in [3.05, 3.63) is 23.2 Å². The molecule has 0 amide bonds. The van der Waals surface area contributed by atoms with Gasteiger partial charge in [-0.3, -0.25) is 0 Å². The minimum atomic E-state index is -3.76. The van der Waals surface area contributed by atoms with Gasteiger partial charge in [-0.05, 0) is 31.0 Å². The first-order valence-electron chi connectivity index (χ1n) is 5.31. The van der Waals surface area contributed by atoms with Crippen LogP contribution in [0.15, 0.2) is 23.1 Å². The zero-order chi connectivity index (χ0) is 13.6. The van der Waals surface area contributed by atoms with Crippen molar-refractivity contribution in [1.29, 1.82) is 0 Å². The SMILES string of the molecule is COCCCCOc1ccc(S(=O)(=O)Cl)cc1Cl. The largest absolute Gasteiger partial charge is 0.492 e. The van der Waals surface area contributed by atoms with Crippen LogP contribution in [0.4, 0.5) is 0 Å². The van der Waals surface area contributed by atoms with Gasteiger partial charge in [0.05, 0.1) is 16.5 Å². The van der Waals surface area contributed by atoms with E-state index in [1.807, 2.05) is 0 Å². The van der Waals surface area contributed by atoms with Gasteiger partial charge in [0.15, 0.2) is 0 Å². The van der Waals surface area contributed by atoms with Gasteiger partial charge < -0.3 is 9.47 Å². The van der Waals surface area contributed by atoms with Gasteiger partial charge in [0, 0.05) is 24.4 Å². The van der Waals surface area contributed by atoms with Crippen LogP contribution in [0.5, 0.6) is 5.75 Å². The summed E-state index contributed by atoms with van der Waals surface area (Å²) in [4.78, 5) is -0.0408. The minimum absolute atomic E-state index is 0.0408. The summed E-state index contributed by atoms with van der Waals surface area (Å²) in [5.41, 5.74) is 0. The number of hydrogen-bond acceptors (Lipinski definition) is 4. The fraction of sp³-hybridized carbons (Fsp3) is 0.455. The lowest BCUT2D eigenvalue weighted by Crippen LogP contribution is -2.00. The maximum atomic E-state index is 11.1.